The zero-order valence-corrected chi connectivity index (χ0v) is 16.9. The van der Waals surface area contributed by atoms with Gasteiger partial charge in [0, 0.05) is 24.5 Å². The Kier molecular flexibility index (Phi) is 10.4. The Morgan fingerprint density at radius 2 is 1.96 bits per heavy atom. The minimum absolute atomic E-state index is 0.0242. The summed E-state index contributed by atoms with van der Waals surface area (Å²) in [5, 5.41) is 8.92. The van der Waals surface area contributed by atoms with Crippen LogP contribution in [0, 0.1) is 0 Å². The molecule has 1 aliphatic rings. The van der Waals surface area contributed by atoms with Gasteiger partial charge in [-0.3, -0.25) is 4.79 Å². The highest BCUT2D eigenvalue weighted by atomic mass is 16.6. The first-order chi connectivity index (χ1) is 12.8. The molecule has 0 aromatic heterocycles. The maximum Gasteiger partial charge on any atom is 0.334 e. The Hall–Kier alpha value is -2.14. The summed E-state index contributed by atoms with van der Waals surface area (Å²) in [6.07, 6.45) is 11.0. The van der Waals surface area contributed by atoms with Crippen LogP contribution in [-0.4, -0.2) is 36.4 Å². The molecule has 0 aromatic rings. The molecule has 0 amide bonds. The number of cyclic esters (lactones) is 1. The predicted molar refractivity (Wildman–Crippen MR) is 106 cm³/mol. The molecule has 1 aliphatic heterocycles. The highest BCUT2D eigenvalue weighted by molar-refractivity contribution is 5.89. The molecule has 1 rings (SSSR count). The second-order valence-electron chi connectivity index (χ2n) is 7.01. The third-order valence-electron chi connectivity index (χ3n) is 4.30. The van der Waals surface area contributed by atoms with E-state index in [9.17, 15) is 9.59 Å². The fourth-order valence-corrected chi connectivity index (χ4v) is 2.74. The van der Waals surface area contributed by atoms with Gasteiger partial charge in [-0.2, -0.15) is 0 Å². The van der Waals surface area contributed by atoms with Gasteiger partial charge in [0.25, 0.3) is 0 Å². The van der Waals surface area contributed by atoms with Crippen LogP contribution in [0.5, 0.6) is 0 Å². The molecule has 5 nitrogen and oxygen atoms in total. The van der Waals surface area contributed by atoms with Crippen molar-refractivity contribution >= 4 is 11.9 Å². The van der Waals surface area contributed by atoms with Gasteiger partial charge < -0.3 is 14.6 Å². The van der Waals surface area contributed by atoms with Crippen LogP contribution in [0.1, 0.15) is 59.8 Å². The molecule has 27 heavy (non-hydrogen) atoms. The lowest BCUT2D eigenvalue weighted by Crippen LogP contribution is -2.27. The number of aliphatic hydroxyl groups is 1. The van der Waals surface area contributed by atoms with Crippen LogP contribution in [0.15, 0.2) is 46.6 Å². The van der Waals surface area contributed by atoms with E-state index in [0.717, 1.165) is 30.4 Å². The third kappa shape index (κ3) is 9.38. The molecule has 0 spiro atoms. The number of hydrogen-bond acceptors (Lipinski definition) is 5. The van der Waals surface area contributed by atoms with Crippen LogP contribution >= 0.6 is 0 Å². The number of ether oxygens (including phenoxy) is 2. The van der Waals surface area contributed by atoms with E-state index in [1.807, 2.05) is 32.9 Å². The Labute approximate surface area is 162 Å². The summed E-state index contributed by atoms with van der Waals surface area (Å²) in [5.41, 5.74) is 3.82. The van der Waals surface area contributed by atoms with E-state index >= 15 is 0 Å². The van der Waals surface area contributed by atoms with Crippen molar-refractivity contribution in [2.75, 3.05) is 13.2 Å². The zero-order chi connectivity index (χ0) is 20.2. The van der Waals surface area contributed by atoms with Crippen molar-refractivity contribution < 1.29 is 24.2 Å². The number of hydrogen-bond donors (Lipinski definition) is 1. The number of carbonyl (C=O) groups is 2. The van der Waals surface area contributed by atoms with E-state index < -0.39 is 6.10 Å². The molecule has 0 unspecified atom stereocenters. The van der Waals surface area contributed by atoms with E-state index in [2.05, 4.69) is 6.08 Å². The average molecular weight is 376 g/mol. The Morgan fingerprint density at radius 1 is 1.22 bits per heavy atom. The van der Waals surface area contributed by atoms with Crippen molar-refractivity contribution in [3.05, 3.63) is 46.6 Å². The summed E-state index contributed by atoms with van der Waals surface area (Å²) in [6, 6.07) is 0. The van der Waals surface area contributed by atoms with E-state index in [0.29, 0.717) is 18.4 Å². The number of rotatable bonds is 10. The molecule has 0 fully saturated rings. The smallest absolute Gasteiger partial charge is 0.334 e. The molecule has 5 heteroatoms. The molecular weight excluding hydrogens is 344 g/mol. The molecule has 1 N–H and O–H groups in total. The van der Waals surface area contributed by atoms with Gasteiger partial charge in [0.05, 0.1) is 6.61 Å². The van der Waals surface area contributed by atoms with E-state index in [1.54, 1.807) is 6.08 Å². The average Bonchev–Trinajstić information content (AvgIpc) is 2.59. The van der Waals surface area contributed by atoms with Gasteiger partial charge in [0.1, 0.15) is 12.7 Å². The minimum Gasteiger partial charge on any atom is -0.461 e. The van der Waals surface area contributed by atoms with Crippen LogP contribution in [0.25, 0.3) is 0 Å². The van der Waals surface area contributed by atoms with E-state index in [-0.39, 0.29) is 25.2 Å². The van der Waals surface area contributed by atoms with Gasteiger partial charge in [-0.25, -0.2) is 4.79 Å². The van der Waals surface area contributed by atoms with Crippen molar-refractivity contribution in [3.8, 4) is 0 Å². The van der Waals surface area contributed by atoms with E-state index in [4.69, 9.17) is 14.6 Å². The third-order valence-corrected chi connectivity index (χ3v) is 4.30. The molecule has 1 heterocycles. The summed E-state index contributed by atoms with van der Waals surface area (Å²) in [5.74, 6) is -0.657. The molecule has 1 atom stereocenters. The monoisotopic (exact) mass is 376 g/mol. The van der Waals surface area contributed by atoms with Crippen LogP contribution in [0.4, 0.5) is 0 Å². The van der Waals surface area contributed by atoms with Crippen molar-refractivity contribution in [2.24, 2.45) is 0 Å². The standard InChI is InChI=1S/C22H32O5/c1-16(2)7-5-9-19-11-12-21(27-22(19)25)20(15-26-18(4)24)10-6-8-17(3)13-14-23/h7,10-11,13,21,23H,5-6,8-9,12,14-15H2,1-4H3/b17-13-,20-10+/t21-/m0/s1. The Bertz CT molecular complexity index is 633. The van der Waals surface area contributed by atoms with Crippen LogP contribution in [0.3, 0.4) is 0 Å². The number of allylic oxidation sites excluding steroid dienone is 4. The fourth-order valence-electron chi connectivity index (χ4n) is 2.74. The van der Waals surface area contributed by atoms with Gasteiger partial charge in [-0.15, -0.1) is 0 Å². The summed E-state index contributed by atoms with van der Waals surface area (Å²) < 4.78 is 10.7. The summed E-state index contributed by atoms with van der Waals surface area (Å²) in [7, 11) is 0. The summed E-state index contributed by atoms with van der Waals surface area (Å²) >= 11 is 0. The van der Waals surface area contributed by atoms with Crippen LogP contribution < -0.4 is 0 Å². The molecule has 0 saturated carbocycles. The lowest BCUT2D eigenvalue weighted by molar-refractivity contribution is -0.144. The van der Waals surface area contributed by atoms with Gasteiger partial charge in [-0.05, 0) is 46.5 Å². The maximum atomic E-state index is 12.3. The Morgan fingerprint density at radius 3 is 2.56 bits per heavy atom. The summed E-state index contributed by atoms with van der Waals surface area (Å²) in [4.78, 5) is 23.5. The Balaban J connectivity index is 2.76. The lowest BCUT2D eigenvalue weighted by Gasteiger charge is -2.24. The molecule has 0 aromatic carbocycles. The van der Waals surface area contributed by atoms with Gasteiger partial charge in [0.2, 0.25) is 0 Å². The van der Waals surface area contributed by atoms with Gasteiger partial charge in [-0.1, -0.05) is 35.5 Å². The first kappa shape index (κ1) is 22.9. The molecule has 0 saturated heterocycles. The molecule has 0 bridgehead atoms. The normalized spacial score (nSPS) is 17.9. The first-order valence-electron chi connectivity index (χ1n) is 9.45. The van der Waals surface area contributed by atoms with Crippen molar-refractivity contribution in [3.63, 3.8) is 0 Å². The second-order valence-corrected chi connectivity index (χ2v) is 7.01. The molecular formula is C22H32O5. The lowest BCUT2D eigenvalue weighted by atomic mass is 9.98. The predicted octanol–water partition coefficient (Wildman–Crippen LogP) is 4.18. The molecule has 0 radical (unpaired) electrons. The fraction of sp³-hybridized carbons (Fsp3) is 0.545. The van der Waals surface area contributed by atoms with Crippen molar-refractivity contribution in [1.82, 2.24) is 0 Å². The number of esters is 2. The second kappa shape index (κ2) is 12.3. The van der Waals surface area contributed by atoms with Crippen molar-refractivity contribution in [1.29, 1.82) is 0 Å². The largest absolute Gasteiger partial charge is 0.461 e. The molecule has 0 aliphatic carbocycles. The van der Waals surface area contributed by atoms with E-state index in [1.165, 1.54) is 12.5 Å². The molecule has 150 valence electrons. The highest BCUT2D eigenvalue weighted by Crippen LogP contribution is 2.24. The summed E-state index contributed by atoms with van der Waals surface area (Å²) in [6.45, 7) is 7.53. The number of aliphatic hydroxyl groups excluding tert-OH is 1. The van der Waals surface area contributed by atoms with Gasteiger partial charge >= 0.3 is 11.9 Å². The van der Waals surface area contributed by atoms with Crippen LogP contribution in [0.2, 0.25) is 0 Å². The van der Waals surface area contributed by atoms with Gasteiger partial charge in [0.15, 0.2) is 0 Å². The first-order valence-corrected chi connectivity index (χ1v) is 9.45. The number of carbonyl (C=O) groups excluding carboxylic acids is 2. The highest BCUT2D eigenvalue weighted by Gasteiger charge is 2.25. The van der Waals surface area contributed by atoms with Crippen LogP contribution in [-0.2, 0) is 19.1 Å². The SMILES string of the molecule is CC(=O)OC/C(=C\CC/C(C)=C\CO)[C@@H]1CC=C(CCC=C(C)C)C(=O)O1. The quantitative estimate of drug-likeness (QED) is 0.457. The maximum absolute atomic E-state index is 12.3. The topological polar surface area (TPSA) is 72.8 Å². The van der Waals surface area contributed by atoms with Crippen molar-refractivity contribution in [2.45, 2.75) is 65.9 Å². The minimum atomic E-state index is -0.397. The zero-order valence-electron chi connectivity index (χ0n) is 16.9.